The Morgan fingerprint density at radius 2 is 2.14 bits per heavy atom. The third-order valence-electron chi connectivity index (χ3n) is 2.98. The lowest BCUT2D eigenvalue weighted by Gasteiger charge is -2.01. The Morgan fingerprint density at radius 1 is 1.32 bits per heavy atom. The van der Waals surface area contributed by atoms with E-state index in [-0.39, 0.29) is 0 Å². The summed E-state index contributed by atoms with van der Waals surface area (Å²) in [5.41, 5.74) is 2.40. The zero-order valence-electron chi connectivity index (χ0n) is 11.8. The van der Waals surface area contributed by atoms with Crippen molar-refractivity contribution in [2.24, 2.45) is 5.10 Å². The molecule has 7 heteroatoms. The van der Waals surface area contributed by atoms with Crippen molar-refractivity contribution in [3.8, 4) is 0 Å². The second-order valence-corrected chi connectivity index (χ2v) is 6.91. The molecule has 2 aromatic heterocycles. The highest BCUT2D eigenvalue weighted by molar-refractivity contribution is 7.98. The van der Waals surface area contributed by atoms with Crippen LogP contribution in [0.2, 0.25) is 5.02 Å². The van der Waals surface area contributed by atoms with Gasteiger partial charge in [-0.2, -0.15) is 9.78 Å². The standard InChI is InChI=1S/C15H13ClN4S2/c1-11-6-7-21-14(11)8-18-20-10-17-19-15(20)22-9-12-2-4-13(16)5-3-12/h2-8,10H,9H2,1H3. The van der Waals surface area contributed by atoms with E-state index >= 15 is 0 Å². The molecule has 0 aliphatic carbocycles. The van der Waals surface area contributed by atoms with E-state index in [1.54, 1.807) is 34.1 Å². The highest BCUT2D eigenvalue weighted by Gasteiger charge is 2.05. The van der Waals surface area contributed by atoms with Gasteiger partial charge in [0.1, 0.15) is 6.33 Å². The van der Waals surface area contributed by atoms with Crippen molar-refractivity contribution in [1.29, 1.82) is 0 Å². The Hall–Kier alpha value is -1.63. The smallest absolute Gasteiger partial charge is 0.195 e. The van der Waals surface area contributed by atoms with Gasteiger partial charge in [-0.15, -0.1) is 21.5 Å². The second-order valence-electron chi connectivity index (χ2n) is 4.59. The third-order valence-corrected chi connectivity index (χ3v) is 5.19. The van der Waals surface area contributed by atoms with E-state index < -0.39 is 0 Å². The number of thiophene rings is 1. The van der Waals surface area contributed by atoms with Crippen LogP contribution in [0.4, 0.5) is 0 Å². The van der Waals surface area contributed by atoms with Gasteiger partial charge in [0.25, 0.3) is 0 Å². The summed E-state index contributed by atoms with van der Waals surface area (Å²) in [6, 6.07) is 9.87. The largest absolute Gasteiger partial charge is 0.212 e. The number of halogens is 1. The lowest BCUT2D eigenvalue weighted by molar-refractivity contribution is 0.767. The average Bonchev–Trinajstić information content (AvgIpc) is 3.13. The van der Waals surface area contributed by atoms with E-state index in [9.17, 15) is 0 Å². The normalized spacial score (nSPS) is 11.4. The number of rotatable bonds is 5. The number of nitrogens with zero attached hydrogens (tertiary/aromatic N) is 4. The molecule has 0 aliphatic rings. The molecule has 0 radical (unpaired) electrons. The van der Waals surface area contributed by atoms with Crippen molar-refractivity contribution in [2.45, 2.75) is 17.8 Å². The minimum Gasteiger partial charge on any atom is -0.195 e. The van der Waals surface area contributed by atoms with Crippen LogP contribution in [0, 0.1) is 6.92 Å². The molecule has 0 saturated heterocycles. The lowest BCUT2D eigenvalue weighted by atomic mass is 10.2. The van der Waals surface area contributed by atoms with Gasteiger partial charge in [0.15, 0.2) is 0 Å². The van der Waals surface area contributed by atoms with Gasteiger partial charge in [-0.3, -0.25) is 0 Å². The first-order valence-corrected chi connectivity index (χ1v) is 8.82. The van der Waals surface area contributed by atoms with Gasteiger partial charge >= 0.3 is 0 Å². The van der Waals surface area contributed by atoms with Crippen LogP contribution in [0.5, 0.6) is 0 Å². The molecular formula is C15H13ClN4S2. The summed E-state index contributed by atoms with van der Waals surface area (Å²) in [6.07, 6.45) is 3.46. The molecule has 0 spiro atoms. The summed E-state index contributed by atoms with van der Waals surface area (Å²) in [6.45, 7) is 2.07. The topological polar surface area (TPSA) is 43.1 Å². The molecule has 3 rings (SSSR count). The van der Waals surface area contributed by atoms with Crippen molar-refractivity contribution in [1.82, 2.24) is 14.9 Å². The molecule has 22 heavy (non-hydrogen) atoms. The zero-order valence-corrected chi connectivity index (χ0v) is 14.2. The molecular weight excluding hydrogens is 336 g/mol. The Balaban J connectivity index is 1.68. The number of aromatic nitrogens is 3. The number of thioether (sulfide) groups is 1. The molecule has 0 amide bonds. The molecule has 2 heterocycles. The van der Waals surface area contributed by atoms with Gasteiger partial charge in [-0.05, 0) is 41.6 Å². The van der Waals surface area contributed by atoms with Crippen molar-refractivity contribution in [2.75, 3.05) is 0 Å². The van der Waals surface area contributed by atoms with Crippen LogP contribution in [0.25, 0.3) is 0 Å². The Morgan fingerprint density at radius 3 is 2.86 bits per heavy atom. The van der Waals surface area contributed by atoms with Crippen LogP contribution < -0.4 is 0 Å². The number of hydrogen-bond acceptors (Lipinski definition) is 5. The maximum absolute atomic E-state index is 5.89. The molecule has 0 atom stereocenters. The molecule has 0 N–H and O–H groups in total. The Kier molecular flexibility index (Phi) is 4.92. The van der Waals surface area contributed by atoms with Crippen LogP contribution in [-0.2, 0) is 5.75 Å². The van der Waals surface area contributed by atoms with Crippen LogP contribution in [0.15, 0.2) is 52.3 Å². The third kappa shape index (κ3) is 3.76. The summed E-state index contributed by atoms with van der Waals surface area (Å²) >= 11 is 9.14. The average molecular weight is 349 g/mol. The number of hydrogen-bond donors (Lipinski definition) is 0. The van der Waals surface area contributed by atoms with Crippen molar-refractivity contribution in [3.63, 3.8) is 0 Å². The molecule has 3 aromatic rings. The molecule has 112 valence electrons. The minimum atomic E-state index is 0.743. The summed E-state index contributed by atoms with van der Waals surface area (Å²) < 4.78 is 1.69. The van der Waals surface area contributed by atoms with E-state index in [0.717, 1.165) is 20.8 Å². The molecule has 0 aliphatic heterocycles. The first-order valence-electron chi connectivity index (χ1n) is 6.58. The molecule has 0 fully saturated rings. The van der Waals surface area contributed by atoms with Gasteiger partial charge in [0.05, 0.1) is 11.1 Å². The Labute approximate surface area is 141 Å². The SMILES string of the molecule is Cc1ccsc1C=Nn1cnnc1SCc1ccc(Cl)cc1. The van der Waals surface area contributed by atoms with Crippen LogP contribution in [-0.4, -0.2) is 21.1 Å². The summed E-state index contributed by atoms with van der Waals surface area (Å²) in [5.74, 6) is 0.795. The summed E-state index contributed by atoms with van der Waals surface area (Å²) in [4.78, 5) is 1.14. The van der Waals surface area contributed by atoms with E-state index in [4.69, 9.17) is 11.6 Å². The number of benzene rings is 1. The van der Waals surface area contributed by atoms with E-state index in [1.165, 1.54) is 11.1 Å². The van der Waals surface area contributed by atoms with Gasteiger partial charge < -0.3 is 0 Å². The Bertz CT molecular complexity index is 777. The first kappa shape index (κ1) is 15.3. The maximum atomic E-state index is 5.89. The van der Waals surface area contributed by atoms with Crippen molar-refractivity contribution < 1.29 is 0 Å². The highest BCUT2D eigenvalue weighted by atomic mass is 35.5. The quantitative estimate of drug-likeness (QED) is 0.504. The second kappa shape index (κ2) is 7.09. The van der Waals surface area contributed by atoms with Crippen molar-refractivity contribution >= 4 is 40.9 Å². The van der Waals surface area contributed by atoms with Gasteiger partial charge in [-0.25, -0.2) is 0 Å². The fourth-order valence-electron chi connectivity index (χ4n) is 1.75. The van der Waals surface area contributed by atoms with Gasteiger partial charge in [-0.1, -0.05) is 35.5 Å². The zero-order chi connectivity index (χ0) is 15.4. The predicted molar refractivity (Wildman–Crippen MR) is 93.1 cm³/mol. The first-order chi connectivity index (χ1) is 10.7. The van der Waals surface area contributed by atoms with Gasteiger partial charge in [0, 0.05) is 10.8 Å². The minimum absolute atomic E-state index is 0.743. The fourth-order valence-corrected chi connectivity index (χ4v) is 3.48. The maximum Gasteiger partial charge on any atom is 0.212 e. The molecule has 1 aromatic carbocycles. The van der Waals surface area contributed by atoms with E-state index in [2.05, 4.69) is 33.7 Å². The van der Waals surface area contributed by atoms with Crippen LogP contribution in [0.1, 0.15) is 16.0 Å². The molecule has 0 bridgehead atoms. The van der Waals surface area contributed by atoms with Crippen LogP contribution >= 0.6 is 34.7 Å². The lowest BCUT2D eigenvalue weighted by Crippen LogP contribution is -1.92. The fraction of sp³-hybridized carbons (Fsp3) is 0.133. The highest BCUT2D eigenvalue weighted by Crippen LogP contribution is 2.22. The van der Waals surface area contributed by atoms with Crippen molar-refractivity contribution in [3.05, 3.63) is 63.1 Å². The summed E-state index contributed by atoms with van der Waals surface area (Å²) in [7, 11) is 0. The van der Waals surface area contributed by atoms with Crippen LogP contribution in [0.3, 0.4) is 0 Å². The monoisotopic (exact) mass is 348 g/mol. The molecule has 0 unspecified atom stereocenters. The number of aryl methyl sites for hydroxylation is 1. The predicted octanol–water partition coefficient (Wildman–Crippen LogP) is 4.48. The molecule has 4 nitrogen and oxygen atoms in total. The van der Waals surface area contributed by atoms with E-state index in [0.29, 0.717) is 0 Å². The van der Waals surface area contributed by atoms with E-state index in [1.807, 2.05) is 30.5 Å². The van der Waals surface area contributed by atoms with Gasteiger partial charge in [0.2, 0.25) is 5.16 Å². The molecule has 0 saturated carbocycles. The summed E-state index contributed by atoms with van der Waals surface area (Å²) in [5, 5.41) is 16.0.